The maximum Gasteiger partial charge on any atom is 0.258 e. The first-order chi connectivity index (χ1) is 10.1. The Labute approximate surface area is 121 Å². The van der Waals surface area contributed by atoms with Crippen LogP contribution in [0.15, 0.2) is 36.4 Å². The van der Waals surface area contributed by atoms with Crippen molar-refractivity contribution in [3.63, 3.8) is 0 Å². The van der Waals surface area contributed by atoms with Crippen molar-refractivity contribution >= 4 is 17.3 Å². The van der Waals surface area contributed by atoms with Crippen molar-refractivity contribution in [3.8, 4) is 0 Å². The largest absolute Gasteiger partial charge is 0.383 e. The molecule has 3 rings (SSSR count). The van der Waals surface area contributed by atoms with E-state index in [0.29, 0.717) is 5.69 Å². The fraction of sp³-hybridized carbons (Fsp3) is 0.188. The van der Waals surface area contributed by atoms with Gasteiger partial charge in [0, 0.05) is 6.54 Å². The van der Waals surface area contributed by atoms with Crippen LogP contribution in [0.25, 0.3) is 0 Å². The number of hydrogen-bond acceptors (Lipinski definition) is 2. The molecule has 0 aromatic heterocycles. The molecule has 5 heteroatoms. The normalized spacial score (nSPS) is 13.2. The summed E-state index contributed by atoms with van der Waals surface area (Å²) in [7, 11) is 0. The number of benzene rings is 2. The standard InChI is InChI=1S/C16H14F2N2O/c17-11-6-7-13(18)12(9-11)16(21)20-14-5-1-3-10-4-2-8-19-15(10)14/h1,3,5-7,9,19H,2,4,8H2,(H,20,21). The minimum atomic E-state index is -0.744. The lowest BCUT2D eigenvalue weighted by atomic mass is 10.0. The number of rotatable bonds is 2. The van der Waals surface area contributed by atoms with E-state index in [2.05, 4.69) is 10.6 Å². The molecule has 1 aliphatic rings. The van der Waals surface area contributed by atoms with Crippen LogP contribution in [0, 0.1) is 11.6 Å². The van der Waals surface area contributed by atoms with Gasteiger partial charge in [0.2, 0.25) is 0 Å². The summed E-state index contributed by atoms with van der Waals surface area (Å²) in [6.45, 7) is 0.828. The molecular formula is C16H14F2N2O. The zero-order chi connectivity index (χ0) is 14.8. The van der Waals surface area contributed by atoms with Crippen molar-refractivity contribution in [3.05, 3.63) is 59.2 Å². The number of anilines is 2. The molecule has 0 unspecified atom stereocenters. The minimum Gasteiger partial charge on any atom is -0.383 e. The van der Waals surface area contributed by atoms with Crippen molar-refractivity contribution in [2.45, 2.75) is 12.8 Å². The van der Waals surface area contributed by atoms with Crippen molar-refractivity contribution in [1.82, 2.24) is 0 Å². The third-order valence-corrected chi connectivity index (χ3v) is 3.50. The van der Waals surface area contributed by atoms with Crippen molar-refractivity contribution in [2.75, 3.05) is 17.2 Å². The highest BCUT2D eigenvalue weighted by Crippen LogP contribution is 2.30. The Balaban J connectivity index is 1.90. The number of hydrogen-bond donors (Lipinski definition) is 2. The molecule has 0 saturated heterocycles. The van der Waals surface area contributed by atoms with E-state index in [1.54, 1.807) is 6.07 Å². The molecule has 21 heavy (non-hydrogen) atoms. The average molecular weight is 288 g/mol. The van der Waals surface area contributed by atoms with Gasteiger partial charge in [0.1, 0.15) is 11.6 Å². The summed E-state index contributed by atoms with van der Waals surface area (Å²) in [5.41, 5.74) is 2.25. The average Bonchev–Trinajstić information content (AvgIpc) is 2.50. The number of nitrogens with one attached hydrogen (secondary N) is 2. The molecule has 0 radical (unpaired) electrons. The molecule has 0 aliphatic carbocycles. The monoisotopic (exact) mass is 288 g/mol. The summed E-state index contributed by atoms with van der Waals surface area (Å²) >= 11 is 0. The number of amides is 1. The van der Waals surface area contributed by atoms with Crippen LogP contribution in [-0.2, 0) is 6.42 Å². The van der Waals surface area contributed by atoms with Crippen LogP contribution >= 0.6 is 0 Å². The second-order valence-electron chi connectivity index (χ2n) is 4.95. The lowest BCUT2D eigenvalue weighted by Crippen LogP contribution is -2.18. The SMILES string of the molecule is O=C(Nc1cccc2c1NCCC2)c1cc(F)ccc1F. The van der Waals surface area contributed by atoms with Crippen molar-refractivity contribution in [2.24, 2.45) is 0 Å². The Morgan fingerprint density at radius 3 is 2.90 bits per heavy atom. The highest BCUT2D eigenvalue weighted by Gasteiger charge is 2.17. The van der Waals surface area contributed by atoms with Gasteiger partial charge < -0.3 is 10.6 Å². The van der Waals surface area contributed by atoms with Crippen LogP contribution in [-0.4, -0.2) is 12.5 Å². The molecule has 0 bridgehead atoms. The van der Waals surface area contributed by atoms with E-state index in [4.69, 9.17) is 0 Å². The Morgan fingerprint density at radius 1 is 1.19 bits per heavy atom. The molecule has 1 heterocycles. The van der Waals surface area contributed by atoms with Crippen molar-refractivity contribution < 1.29 is 13.6 Å². The Hall–Kier alpha value is -2.43. The first-order valence-corrected chi connectivity index (χ1v) is 6.77. The van der Waals surface area contributed by atoms with E-state index in [1.807, 2.05) is 12.1 Å². The lowest BCUT2D eigenvalue weighted by Gasteiger charge is -2.21. The molecule has 108 valence electrons. The van der Waals surface area contributed by atoms with Gasteiger partial charge in [-0.1, -0.05) is 12.1 Å². The van der Waals surface area contributed by atoms with E-state index < -0.39 is 17.5 Å². The number of para-hydroxylation sites is 1. The summed E-state index contributed by atoms with van der Waals surface area (Å²) in [4.78, 5) is 12.1. The topological polar surface area (TPSA) is 41.1 Å². The molecule has 0 saturated carbocycles. The molecule has 1 amide bonds. The number of aryl methyl sites for hydroxylation is 1. The molecule has 1 aliphatic heterocycles. The number of halogens is 2. The highest BCUT2D eigenvalue weighted by atomic mass is 19.1. The number of carbonyl (C=O) groups excluding carboxylic acids is 1. The fourth-order valence-electron chi connectivity index (χ4n) is 2.47. The quantitative estimate of drug-likeness (QED) is 0.887. The van der Waals surface area contributed by atoms with Crippen LogP contribution in [0.1, 0.15) is 22.3 Å². The fourth-order valence-corrected chi connectivity index (χ4v) is 2.47. The smallest absolute Gasteiger partial charge is 0.258 e. The van der Waals surface area contributed by atoms with E-state index in [9.17, 15) is 13.6 Å². The lowest BCUT2D eigenvalue weighted by molar-refractivity contribution is 0.102. The highest BCUT2D eigenvalue weighted by molar-refractivity contribution is 6.06. The molecule has 2 aromatic carbocycles. The summed E-state index contributed by atoms with van der Waals surface area (Å²) in [6.07, 6.45) is 1.96. The second kappa shape index (κ2) is 5.52. The van der Waals surface area contributed by atoms with Gasteiger partial charge in [0.25, 0.3) is 5.91 Å². The van der Waals surface area contributed by atoms with Crippen LogP contribution in [0.4, 0.5) is 20.2 Å². The third-order valence-electron chi connectivity index (χ3n) is 3.50. The van der Waals surface area contributed by atoms with Crippen LogP contribution in [0.2, 0.25) is 0 Å². The number of carbonyl (C=O) groups is 1. The van der Waals surface area contributed by atoms with E-state index in [0.717, 1.165) is 48.8 Å². The van der Waals surface area contributed by atoms with Gasteiger partial charge >= 0.3 is 0 Å². The Bertz CT molecular complexity index is 701. The summed E-state index contributed by atoms with van der Waals surface area (Å²) in [5.74, 6) is -2.05. The van der Waals surface area contributed by atoms with Gasteiger partial charge in [0.05, 0.1) is 16.9 Å². The summed E-state index contributed by atoms with van der Waals surface area (Å²) in [6, 6.07) is 8.39. The molecule has 0 atom stereocenters. The molecule has 3 nitrogen and oxygen atoms in total. The van der Waals surface area contributed by atoms with Gasteiger partial charge in [-0.15, -0.1) is 0 Å². The van der Waals surface area contributed by atoms with E-state index in [1.165, 1.54) is 0 Å². The van der Waals surface area contributed by atoms with E-state index >= 15 is 0 Å². The summed E-state index contributed by atoms with van der Waals surface area (Å²) < 4.78 is 26.8. The minimum absolute atomic E-state index is 0.302. The van der Waals surface area contributed by atoms with Gasteiger partial charge in [-0.05, 0) is 42.7 Å². The first-order valence-electron chi connectivity index (χ1n) is 6.77. The van der Waals surface area contributed by atoms with E-state index in [-0.39, 0.29) is 5.56 Å². The van der Waals surface area contributed by atoms with Crippen LogP contribution < -0.4 is 10.6 Å². The molecule has 0 fully saturated rings. The predicted octanol–water partition coefficient (Wildman–Crippen LogP) is 3.58. The second-order valence-corrected chi connectivity index (χ2v) is 4.95. The van der Waals surface area contributed by atoms with Gasteiger partial charge in [-0.2, -0.15) is 0 Å². The first kappa shape index (κ1) is 13.5. The molecule has 2 aromatic rings. The van der Waals surface area contributed by atoms with Crippen LogP contribution in [0.3, 0.4) is 0 Å². The van der Waals surface area contributed by atoms with Crippen molar-refractivity contribution in [1.29, 1.82) is 0 Å². The van der Waals surface area contributed by atoms with Crippen LogP contribution in [0.5, 0.6) is 0 Å². The molecular weight excluding hydrogens is 274 g/mol. The summed E-state index contributed by atoms with van der Waals surface area (Å²) in [5, 5.41) is 5.88. The Morgan fingerprint density at radius 2 is 2.05 bits per heavy atom. The number of fused-ring (bicyclic) bond motifs is 1. The van der Waals surface area contributed by atoms with Gasteiger partial charge in [0.15, 0.2) is 0 Å². The zero-order valence-electron chi connectivity index (χ0n) is 11.2. The van der Waals surface area contributed by atoms with Gasteiger partial charge in [-0.3, -0.25) is 4.79 Å². The predicted molar refractivity (Wildman–Crippen MR) is 77.6 cm³/mol. The molecule has 0 spiro atoms. The molecule has 2 N–H and O–H groups in total. The Kier molecular flexibility index (Phi) is 3.56. The zero-order valence-corrected chi connectivity index (χ0v) is 11.2. The third kappa shape index (κ3) is 2.72. The maximum atomic E-state index is 13.6. The maximum absolute atomic E-state index is 13.6. The van der Waals surface area contributed by atoms with Gasteiger partial charge in [-0.25, -0.2) is 8.78 Å².